The van der Waals surface area contributed by atoms with Crippen LogP contribution in [-0.2, 0) is 0 Å². The van der Waals surface area contributed by atoms with Gasteiger partial charge < -0.3 is 19.3 Å². The molecule has 2 rings (SSSR count). The van der Waals surface area contributed by atoms with Crippen LogP contribution in [0.25, 0.3) is 6.08 Å². The fraction of sp³-hybridized carbons (Fsp3) is 0.167. The van der Waals surface area contributed by atoms with Crippen LogP contribution in [0.2, 0.25) is 0 Å². The maximum atomic E-state index is 12.4. The molecule has 0 atom stereocenters. The Morgan fingerprint density at radius 2 is 1.82 bits per heavy atom. The van der Waals surface area contributed by atoms with Crippen molar-refractivity contribution in [3.05, 3.63) is 57.6 Å². The van der Waals surface area contributed by atoms with Gasteiger partial charge in [0.05, 0.1) is 19.1 Å². The number of halogens is 2. The molecule has 10 heteroatoms. The first kappa shape index (κ1) is 20.6. The van der Waals surface area contributed by atoms with E-state index in [0.717, 1.165) is 12.1 Å². The topological polar surface area (TPSA) is 108 Å². The van der Waals surface area contributed by atoms with Crippen LogP contribution in [0.5, 0.6) is 23.0 Å². The SMILES string of the molecule is COc1cc(C(=O)/C=C/c2cc(OC)c(O)c([N+](=O)[O-])c2)ccc1OC(F)F. The minimum atomic E-state index is -3.05. The van der Waals surface area contributed by atoms with Crippen LogP contribution in [0.15, 0.2) is 36.4 Å². The van der Waals surface area contributed by atoms with Gasteiger partial charge in [-0.3, -0.25) is 14.9 Å². The smallest absolute Gasteiger partial charge is 0.387 e. The van der Waals surface area contributed by atoms with Gasteiger partial charge in [0.1, 0.15) is 0 Å². The summed E-state index contributed by atoms with van der Waals surface area (Å²) in [7, 11) is 2.46. The van der Waals surface area contributed by atoms with Crippen LogP contribution in [0.3, 0.4) is 0 Å². The van der Waals surface area contributed by atoms with E-state index in [1.807, 2.05) is 0 Å². The molecule has 1 N–H and O–H groups in total. The highest BCUT2D eigenvalue weighted by molar-refractivity contribution is 6.07. The number of nitrogens with zero attached hydrogens (tertiary/aromatic N) is 1. The van der Waals surface area contributed by atoms with Crippen LogP contribution in [-0.4, -0.2) is 36.6 Å². The number of methoxy groups -OCH3 is 2. The molecule has 0 heterocycles. The second-order valence-corrected chi connectivity index (χ2v) is 5.29. The van der Waals surface area contributed by atoms with E-state index in [-0.39, 0.29) is 28.4 Å². The lowest BCUT2D eigenvalue weighted by molar-refractivity contribution is -0.386. The average molecular weight is 395 g/mol. The van der Waals surface area contributed by atoms with Crippen molar-refractivity contribution < 1.29 is 37.8 Å². The van der Waals surface area contributed by atoms with Crippen LogP contribution in [0, 0.1) is 10.1 Å². The van der Waals surface area contributed by atoms with Crippen molar-refractivity contribution in [2.24, 2.45) is 0 Å². The van der Waals surface area contributed by atoms with E-state index in [9.17, 15) is 28.8 Å². The Morgan fingerprint density at radius 3 is 2.39 bits per heavy atom. The number of benzene rings is 2. The normalized spacial score (nSPS) is 10.9. The zero-order valence-electron chi connectivity index (χ0n) is 14.7. The molecular formula is C18H15F2NO7. The monoisotopic (exact) mass is 395 g/mol. The summed E-state index contributed by atoms with van der Waals surface area (Å²) in [6.45, 7) is -3.05. The standard InChI is InChI=1S/C18H15F2NO7/c1-26-15-9-11(4-6-14(15)28-18(19)20)13(22)5-3-10-7-12(21(24)25)17(23)16(8-10)27-2/h3-9,18,23H,1-2H3/b5-3+. The molecule has 148 valence electrons. The molecule has 2 aromatic rings. The van der Waals surface area contributed by atoms with E-state index in [1.165, 1.54) is 44.6 Å². The lowest BCUT2D eigenvalue weighted by atomic mass is 10.1. The summed E-state index contributed by atoms with van der Waals surface area (Å²) in [6, 6.07) is 6.05. The largest absolute Gasteiger partial charge is 0.500 e. The van der Waals surface area contributed by atoms with E-state index in [4.69, 9.17) is 9.47 Å². The number of ether oxygens (including phenoxy) is 3. The number of allylic oxidation sites excluding steroid dienone is 1. The molecule has 28 heavy (non-hydrogen) atoms. The zero-order chi connectivity index (χ0) is 20.8. The van der Waals surface area contributed by atoms with Crippen molar-refractivity contribution in [1.29, 1.82) is 0 Å². The summed E-state index contributed by atoms with van der Waals surface area (Å²) >= 11 is 0. The molecule has 0 bridgehead atoms. The summed E-state index contributed by atoms with van der Waals surface area (Å²) in [4.78, 5) is 22.5. The maximum absolute atomic E-state index is 12.4. The van der Waals surface area contributed by atoms with Gasteiger partial charge in [0.25, 0.3) is 0 Å². The van der Waals surface area contributed by atoms with Crippen LogP contribution >= 0.6 is 0 Å². The summed E-state index contributed by atoms with van der Waals surface area (Å²) in [5.41, 5.74) is -0.226. The van der Waals surface area contributed by atoms with Crippen LogP contribution in [0.4, 0.5) is 14.5 Å². The number of carbonyl (C=O) groups is 1. The van der Waals surface area contributed by atoms with Crippen molar-refractivity contribution in [2.75, 3.05) is 14.2 Å². The second-order valence-electron chi connectivity index (χ2n) is 5.29. The molecule has 0 amide bonds. The molecule has 0 aliphatic heterocycles. The van der Waals surface area contributed by atoms with Gasteiger partial charge in [0.2, 0.25) is 5.75 Å². The van der Waals surface area contributed by atoms with Gasteiger partial charge in [-0.1, -0.05) is 6.08 Å². The Morgan fingerprint density at radius 1 is 1.14 bits per heavy atom. The molecule has 8 nitrogen and oxygen atoms in total. The van der Waals surface area contributed by atoms with Crippen molar-refractivity contribution in [2.45, 2.75) is 6.61 Å². The summed E-state index contributed by atoms with van der Waals surface area (Å²) < 4.78 is 38.8. The number of phenols is 1. The highest BCUT2D eigenvalue weighted by Crippen LogP contribution is 2.37. The molecule has 0 fully saturated rings. The minimum Gasteiger partial charge on any atom is -0.500 e. The quantitative estimate of drug-likeness (QED) is 0.313. The summed E-state index contributed by atoms with van der Waals surface area (Å²) in [5.74, 6) is -1.55. The van der Waals surface area contributed by atoms with E-state index in [1.54, 1.807) is 0 Å². The van der Waals surface area contributed by atoms with Gasteiger partial charge in [-0.05, 0) is 35.9 Å². The first-order valence-corrected chi connectivity index (χ1v) is 7.67. The average Bonchev–Trinajstić information content (AvgIpc) is 2.66. The van der Waals surface area contributed by atoms with Gasteiger partial charge in [-0.2, -0.15) is 8.78 Å². The zero-order valence-corrected chi connectivity index (χ0v) is 14.7. The van der Waals surface area contributed by atoms with Crippen molar-refractivity contribution in [1.82, 2.24) is 0 Å². The molecular weight excluding hydrogens is 380 g/mol. The Balaban J connectivity index is 2.31. The minimum absolute atomic E-state index is 0.0542. The van der Waals surface area contributed by atoms with Gasteiger partial charge >= 0.3 is 12.3 Å². The predicted octanol–water partition coefficient (Wildman–Crippen LogP) is 3.82. The fourth-order valence-corrected chi connectivity index (χ4v) is 2.29. The molecule has 0 aromatic heterocycles. The van der Waals surface area contributed by atoms with E-state index < -0.39 is 28.8 Å². The second kappa shape index (κ2) is 8.80. The number of carbonyl (C=O) groups excluding carboxylic acids is 1. The Hall–Kier alpha value is -3.69. The number of ketones is 1. The number of phenolic OH excluding ortho intramolecular Hbond substituents is 1. The third-order valence-corrected chi connectivity index (χ3v) is 3.59. The lowest BCUT2D eigenvalue weighted by Crippen LogP contribution is -2.04. The van der Waals surface area contributed by atoms with E-state index in [2.05, 4.69) is 4.74 Å². The van der Waals surface area contributed by atoms with Gasteiger partial charge in [0, 0.05) is 11.6 Å². The number of alkyl halides is 2. The highest BCUT2D eigenvalue weighted by Gasteiger charge is 2.19. The predicted molar refractivity (Wildman–Crippen MR) is 94.3 cm³/mol. The third-order valence-electron chi connectivity index (χ3n) is 3.59. The Bertz CT molecular complexity index is 928. The van der Waals surface area contributed by atoms with Crippen LogP contribution in [0.1, 0.15) is 15.9 Å². The molecule has 0 unspecified atom stereocenters. The number of rotatable bonds is 8. The lowest BCUT2D eigenvalue weighted by Gasteiger charge is -2.10. The Kier molecular flexibility index (Phi) is 6.48. The molecule has 0 aliphatic carbocycles. The summed E-state index contributed by atoms with van der Waals surface area (Å²) in [6.07, 6.45) is 2.41. The molecule has 0 aliphatic rings. The van der Waals surface area contributed by atoms with E-state index in [0.29, 0.717) is 0 Å². The molecule has 0 saturated carbocycles. The van der Waals surface area contributed by atoms with Gasteiger partial charge in [-0.25, -0.2) is 0 Å². The fourth-order valence-electron chi connectivity index (χ4n) is 2.29. The molecule has 0 saturated heterocycles. The van der Waals surface area contributed by atoms with Crippen molar-refractivity contribution in [3.8, 4) is 23.0 Å². The van der Waals surface area contributed by atoms with Crippen LogP contribution < -0.4 is 14.2 Å². The van der Waals surface area contributed by atoms with Crippen molar-refractivity contribution in [3.63, 3.8) is 0 Å². The first-order valence-electron chi connectivity index (χ1n) is 7.67. The highest BCUT2D eigenvalue weighted by atomic mass is 19.3. The summed E-state index contributed by atoms with van der Waals surface area (Å²) in [5, 5.41) is 20.7. The van der Waals surface area contributed by atoms with Gasteiger partial charge in [0.15, 0.2) is 23.0 Å². The van der Waals surface area contributed by atoms with Crippen molar-refractivity contribution >= 4 is 17.5 Å². The maximum Gasteiger partial charge on any atom is 0.387 e. The molecule has 2 aromatic carbocycles. The van der Waals surface area contributed by atoms with E-state index >= 15 is 0 Å². The number of hydrogen-bond donors (Lipinski definition) is 1. The third kappa shape index (κ3) is 4.72. The Labute approximate surface area is 157 Å². The number of nitro benzene ring substituents is 1. The number of aromatic hydroxyl groups is 1. The number of hydrogen-bond acceptors (Lipinski definition) is 7. The molecule has 0 spiro atoms. The first-order chi connectivity index (χ1) is 13.3. The molecule has 0 radical (unpaired) electrons. The number of nitro groups is 1. The van der Waals surface area contributed by atoms with Gasteiger partial charge in [-0.15, -0.1) is 0 Å².